The maximum Gasteiger partial charge on any atom is 0.416 e. The number of hydrogen-bond acceptors (Lipinski definition) is 8. The Morgan fingerprint density at radius 2 is 1.59 bits per heavy atom. The summed E-state index contributed by atoms with van der Waals surface area (Å²) in [5.74, 6) is -3.71. The Labute approximate surface area is 240 Å². The van der Waals surface area contributed by atoms with E-state index in [0.717, 1.165) is 42.4 Å². The zero-order valence-corrected chi connectivity index (χ0v) is 23.3. The molecule has 1 N–H and O–H groups in total. The van der Waals surface area contributed by atoms with Crippen molar-refractivity contribution in [3.63, 3.8) is 0 Å². The van der Waals surface area contributed by atoms with Crippen LogP contribution in [0, 0.1) is 5.92 Å². The summed E-state index contributed by atoms with van der Waals surface area (Å²) in [7, 11) is 0. The van der Waals surface area contributed by atoms with Crippen LogP contribution in [0.5, 0.6) is 0 Å². The van der Waals surface area contributed by atoms with Gasteiger partial charge in [0.25, 0.3) is 0 Å². The average Bonchev–Trinajstić information content (AvgIpc) is 3.33. The van der Waals surface area contributed by atoms with Gasteiger partial charge in [-0.05, 0) is 49.0 Å². The lowest BCUT2D eigenvalue weighted by atomic mass is 9.89. The van der Waals surface area contributed by atoms with Crippen molar-refractivity contribution in [3.05, 3.63) is 83.9 Å². The number of rotatable bonds is 16. The van der Waals surface area contributed by atoms with E-state index < -0.39 is 41.8 Å². The van der Waals surface area contributed by atoms with E-state index in [9.17, 15) is 24.0 Å². The molecule has 0 aromatic heterocycles. The molecule has 3 rings (SSSR count). The van der Waals surface area contributed by atoms with E-state index in [4.69, 9.17) is 14.6 Å². The number of amides is 2. The molecule has 2 aromatic carbocycles. The first-order valence-electron chi connectivity index (χ1n) is 13.9. The third kappa shape index (κ3) is 9.79. The summed E-state index contributed by atoms with van der Waals surface area (Å²) in [4.78, 5) is 65.7. The van der Waals surface area contributed by atoms with Crippen LogP contribution in [0.15, 0.2) is 72.8 Å². The summed E-state index contributed by atoms with van der Waals surface area (Å²) >= 11 is 0. The minimum Gasteiger partial charge on any atom is -0.453 e. The quantitative estimate of drug-likeness (QED) is 0.184. The Morgan fingerprint density at radius 3 is 2.22 bits per heavy atom. The fourth-order valence-corrected chi connectivity index (χ4v) is 4.77. The van der Waals surface area contributed by atoms with Crippen molar-refractivity contribution in [2.75, 3.05) is 13.2 Å². The number of aliphatic hydroxyl groups excluding tert-OH is 1. The average molecular weight is 564 g/mol. The zero-order chi connectivity index (χ0) is 29.6. The summed E-state index contributed by atoms with van der Waals surface area (Å²) in [6, 6.07) is 17.6. The van der Waals surface area contributed by atoms with Gasteiger partial charge in [0.15, 0.2) is 17.7 Å². The molecular formula is C32H37NO8. The number of hydrogen-bond donors (Lipinski definition) is 1. The molecule has 2 amide bonds. The molecule has 1 fully saturated rings. The number of carbonyl (C=O) groups is 5. The Balaban J connectivity index is 1.85. The number of nitrogens with zero attached hydrogens (tertiary/aromatic N) is 1. The van der Waals surface area contributed by atoms with Crippen molar-refractivity contribution in [2.45, 2.75) is 64.0 Å². The van der Waals surface area contributed by atoms with Gasteiger partial charge in [0.1, 0.15) is 6.61 Å². The summed E-state index contributed by atoms with van der Waals surface area (Å²) in [5, 5.41) is 8.87. The Hall–Kier alpha value is -4.11. The molecule has 1 saturated heterocycles. The first kappa shape index (κ1) is 31.4. The molecule has 1 heterocycles. The predicted octanol–water partition coefficient (Wildman–Crippen LogP) is 4.00. The molecule has 1 aliphatic rings. The van der Waals surface area contributed by atoms with Gasteiger partial charge in [-0.1, -0.05) is 73.5 Å². The predicted molar refractivity (Wildman–Crippen MR) is 151 cm³/mol. The molecule has 2 aromatic rings. The molecule has 0 unspecified atom stereocenters. The van der Waals surface area contributed by atoms with Crippen LogP contribution in [0.2, 0.25) is 0 Å². The fraction of sp³-hybridized carbons (Fsp3) is 0.406. The van der Waals surface area contributed by atoms with Crippen LogP contribution in [-0.2, 0) is 41.5 Å². The van der Waals surface area contributed by atoms with E-state index >= 15 is 0 Å². The van der Waals surface area contributed by atoms with Crippen LogP contribution < -0.4 is 0 Å². The lowest BCUT2D eigenvalue weighted by Crippen LogP contribution is -2.49. The molecule has 0 radical (unpaired) electrons. The van der Waals surface area contributed by atoms with Gasteiger partial charge < -0.3 is 14.6 Å². The van der Waals surface area contributed by atoms with Crippen LogP contribution in [0.4, 0.5) is 4.79 Å². The molecule has 0 aliphatic carbocycles. The van der Waals surface area contributed by atoms with Gasteiger partial charge in [-0.15, -0.1) is 0 Å². The third-order valence-electron chi connectivity index (χ3n) is 6.83. The molecule has 9 heteroatoms. The highest BCUT2D eigenvalue weighted by Crippen LogP contribution is 2.26. The number of benzene rings is 2. The molecule has 218 valence electrons. The molecule has 41 heavy (non-hydrogen) atoms. The number of unbranched alkanes of at least 4 members (excludes halogenated alkanes) is 3. The minimum absolute atomic E-state index is 0.00356. The smallest absolute Gasteiger partial charge is 0.416 e. The summed E-state index contributed by atoms with van der Waals surface area (Å²) < 4.78 is 10.6. The van der Waals surface area contributed by atoms with Crippen molar-refractivity contribution < 1.29 is 38.6 Å². The van der Waals surface area contributed by atoms with Gasteiger partial charge in [-0.2, -0.15) is 0 Å². The number of imide groups is 1. The van der Waals surface area contributed by atoms with E-state index in [1.807, 2.05) is 30.3 Å². The number of ketones is 2. The van der Waals surface area contributed by atoms with Crippen LogP contribution in [0.1, 0.15) is 50.2 Å². The monoisotopic (exact) mass is 563 g/mol. The zero-order valence-electron chi connectivity index (χ0n) is 23.3. The second kappa shape index (κ2) is 16.2. The number of carbonyl (C=O) groups excluding carboxylic acids is 5. The first-order valence-corrected chi connectivity index (χ1v) is 13.9. The molecule has 0 bridgehead atoms. The fourth-order valence-electron chi connectivity index (χ4n) is 4.77. The SMILES string of the molecule is CC(=O)O[C@@H](C(=O)C=CC(=O)CCCCCCO)[C@H](Cc1ccccc1)C(=O)N1C(=O)OC[C@H]1Cc1ccccc1. The maximum absolute atomic E-state index is 14.0. The van der Waals surface area contributed by atoms with Crippen LogP contribution in [0.3, 0.4) is 0 Å². The first-order chi connectivity index (χ1) is 19.8. The van der Waals surface area contributed by atoms with Gasteiger partial charge >= 0.3 is 12.1 Å². The van der Waals surface area contributed by atoms with Crippen LogP contribution in [0.25, 0.3) is 0 Å². The number of ether oxygens (including phenoxy) is 2. The van der Waals surface area contributed by atoms with Crippen molar-refractivity contribution in [2.24, 2.45) is 5.92 Å². The Bertz CT molecular complexity index is 1210. The normalized spacial score (nSPS) is 16.3. The van der Waals surface area contributed by atoms with E-state index in [1.165, 1.54) is 0 Å². The van der Waals surface area contributed by atoms with Gasteiger partial charge in [0.2, 0.25) is 5.91 Å². The molecule has 9 nitrogen and oxygen atoms in total. The van der Waals surface area contributed by atoms with Gasteiger partial charge in [0, 0.05) is 20.0 Å². The topological polar surface area (TPSA) is 127 Å². The number of esters is 1. The van der Waals surface area contributed by atoms with Crippen LogP contribution in [-0.4, -0.2) is 64.9 Å². The van der Waals surface area contributed by atoms with Crippen molar-refractivity contribution in [1.82, 2.24) is 4.90 Å². The number of allylic oxidation sites excluding steroid dienone is 1. The highest BCUT2D eigenvalue weighted by atomic mass is 16.6. The number of aliphatic hydroxyl groups is 1. The molecular weight excluding hydrogens is 526 g/mol. The highest BCUT2D eigenvalue weighted by Gasteiger charge is 2.45. The Morgan fingerprint density at radius 1 is 0.951 bits per heavy atom. The van der Waals surface area contributed by atoms with Crippen LogP contribution >= 0.6 is 0 Å². The van der Waals surface area contributed by atoms with Gasteiger partial charge in [-0.25, -0.2) is 9.69 Å². The van der Waals surface area contributed by atoms with E-state index in [-0.39, 0.29) is 31.8 Å². The van der Waals surface area contributed by atoms with Crippen molar-refractivity contribution in [3.8, 4) is 0 Å². The standard InChI is InChI=1S/C32H37NO8/c1-23(35)41-30(29(37)18-17-27(36)16-10-2-3-11-19-34)28(21-25-14-8-5-9-15-25)31(38)33-26(22-40-32(33)39)20-24-12-6-4-7-13-24/h4-9,12-15,17-18,26,28,30,34H,2-3,10-11,16,19-22H2,1H3/t26-,28+,30-/m1/s1. The van der Waals surface area contributed by atoms with Crippen molar-refractivity contribution >= 4 is 29.5 Å². The molecule has 0 saturated carbocycles. The molecule has 1 aliphatic heterocycles. The Kier molecular flexibility index (Phi) is 12.4. The second-order valence-electron chi connectivity index (χ2n) is 10.0. The second-order valence-corrected chi connectivity index (χ2v) is 10.0. The van der Waals surface area contributed by atoms with Gasteiger partial charge in [0.05, 0.1) is 12.0 Å². The van der Waals surface area contributed by atoms with E-state index in [2.05, 4.69) is 0 Å². The van der Waals surface area contributed by atoms with Gasteiger partial charge in [-0.3, -0.25) is 19.2 Å². The van der Waals surface area contributed by atoms with E-state index in [1.54, 1.807) is 30.3 Å². The summed E-state index contributed by atoms with van der Waals surface area (Å²) in [6.07, 6.45) is 3.24. The third-order valence-corrected chi connectivity index (χ3v) is 6.83. The lowest BCUT2D eigenvalue weighted by Gasteiger charge is -2.29. The van der Waals surface area contributed by atoms with E-state index in [0.29, 0.717) is 24.8 Å². The van der Waals surface area contributed by atoms with Crippen molar-refractivity contribution in [1.29, 1.82) is 0 Å². The molecule has 3 atom stereocenters. The summed E-state index contributed by atoms with van der Waals surface area (Å²) in [5.41, 5.74) is 1.60. The molecule has 0 spiro atoms. The number of cyclic esters (lactones) is 1. The minimum atomic E-state index is -1.56. The largest absolute Gasteiger partial charge is 0.453 e. The lowest BCUT2D eigenvalue weighted by molar-refractivity contribution is -0.158. The maximum atomic E-state index is 14.0. The summed E-state index contributed by atoms with van der Waals surface area (Å²) in [6.45, 7) is 1.23. The highest BCUT2D eigenvalue weighted by molar-refractivity contribution is 6.04.